The highest BCUT2D eigenvalue weighted by atomic mass is 32.2. The number of piperazine rings is 1. The third kappa shape index (κ3) is 3.46. The third-order valence-electron chi connectivity index (χ3n) is 3.74. The van der Waals surface area contributed by atoms with Gasteiger partial charge in [-0.15, -0.1) is 23.1 Å². The van der Waals surface area contributed by atoms with Gasteiger partial charge in [-0.05, 0) is 19.7 Å². The van der Waals surface area contributed by atoms with Crippen molar-refractivity contribution in [2.24, 2.45) is 0 Å². The molecule has 21 heavy (non-hydrogen) atoms. The monoisotopic (exact) mass is 328 g/mol. The molecule has 0 aliphatic carbocycles. The van der Waals surface area contributed by atoms with Gasteiger partial charge < -0.3 is 20.9 Å². The number of nitrogens with one attached hydrogen (secondary N) is 1. The Morgan fingerprint density at radius 1 is 1.33 bits per heavy atom. The number of nitrogens with zero attached hydrogens (tertiary/aromatic N) is 2. The van der Waals surface area contributed by atoms with E-state index in [0.29, 0.717) is 17.1 Å². The van der Waals surface area contributed by atoms with Crippen LogP contribution in [0.15, 0.2) is 4.90 Å². The van der Waals surface area contributed by atoms with Crippen LogP contribution in [0.5, 0.6) is 0 Å². The SMILES string of the molecule is CCNC(=O)c1sc(N2CCN(CC)CC2)c(SC)c1N. The molecule has 0 unspecified atom stereocenters. The molecule has 1 aliphatic heterocycles. The number of nitrogen functional groups attached to an aromatic ring is 1. The van der Waals surface area contributed by atoms with Crippen LogP contribution in [-0.2, 0) is 0 Å². The Morgan fingerprint density at radius 3 is 2.52 bits per heavy atom. The Balaban J connectivity index is 2.23. The lowest BCUT2D eigenvalue weighted by atomic mass is 10.3. The number of carbonyl (C=O) groups excluding carboxylic acids is 1. The van der Waals surface area contributed by atoms with Crippen molar-refractivity contribution in [3.8, 4) is 0 Å². The molecule has 0 atom stereocenters. The molecule has 1 saturated heterocycles. The number of rotatable bonds is 5. The molecule has 1 aromatic rings. The average molecular weight is 329 g/mol. The first-order valence-electron chi connectivity index (χ1n) is 7.34. The van der Waals surface area contributed by atoms with Crippen molar-refractivity contribution in [3.05, 3.63) is 4.88 Å². The second-order valence-corrected chi connectivity index (χ2v) is 6.78. The quantitative estimate of drug-likeness (QED) is 0.809. The minimum Gasteiger partial charge on any atom is -0.396 e. The second-order valence-electron chi connectivity index (χ2n) is 4.96. The second kappa shape index (κ2) is 7.38. The van der Waals surface area contributed by atoms with Crippen LogP contribution in [0.25, 0.3) is 0 Å². The first-order chi connectivity index (χ1) is 10.1. The van der Waals surface area contributed by atoms with Crippen LogP contribution in [0.1, 0.15) is 23.5 Å². The Bertz CT molecular complexity index is 495. The number of hydrogen-bond donors (Lipinski definition) is 2. The summed E-state index contributed by atoms with van der Waals surface area (Å²) in [5, 5.41) is 3.99. The molecule has 0 spiro atoms. The van der Waals surface area contributed by atoms with E-state index in [1.165, 1.54) is 11.3 Å². The van der Waals surface area contributed by atoms with Crippen LogP contribution in [0.3, 0.4) is 0 Å². The summed E-state index contributed by atoms with van der Waals surface area (Å²) in [6.07, 6.45) is 2.02. The zero-order valence-corrected chi connectivity index (χ0v) is 14.6. The summed E-state index contributed by atoms with van der Waals surface area (Å²) in [5.74, 6) is -0.0613. The molecule has 5 nitrogen and oxygen atoms in total. The number of likely N-dealkylation sites (N-methyl/N-ethyl adjacent to an activating group) is 1. The Kier molecular flexibility index (Phi) is 5.78. The summed E-state index contributed by atoms with van der Waals surface area (Å²) in [6.45, 7) is 9.96. The van der Waals surface area contributed by atoms with Gasteiger partial charge in [0.2, 0.25) is 0 Å². The van der Waals surface area contributed by atoms with Crippen molar-refractivity contribution >= 4 is 39.7 Å². The van der Waals surface area contributed by atoms with Crippen molar-refractivity contribution < 1.29 is 4.79 Å². The Morgan fingerprint density at radius 2 is 2.00 bits per heavy atom. The van der Waals surface area contributed by atoms with Crippen molar-refractivity contribution in [1.29, 1.82) is 0 Å². The Hall–Kier alpha value is -0.920. The minimum atomic E-state index is -0.0613. The van der Waals surface area contributed by atoms with Gasteiger partial charge in [0.1, 0.15) is 9.88 Å². The fraction of sp³-hybridized carbons (Fsp3) is 0.643. The number of carbonyl (C=O) groups is 1. The normalized spacial score (nSPS) is 16.2. The smallest absolute Gasteiger partial charge is 0.263 e. The van der Waals surface area contributed by atoms with E-state index in [1.54, 1.807) is 11.8 Å². The van der Waals surface area contributed by atoms with Gasteiger partial charge in [-0.25, -0.2) is 0 Å². The van der Waals surface area contributed by atoms with Gasteiger partial charge in [-0.2, -0.15) is 0 Å². The van der Waals surface area contributed by atoms with Crippen LogP contribution in [0, 0.1) is 0 Å². The predicted octanol–water partition coefficient (Wildman–Crippen LogP) is 1.94. The summed E-state index contributed by atoms with van der Waals surface area (Å²) in [6, 6.07) is 0. The van der Waals surface area contributed by atoms with E-state index >= 15 is 0 Å². The molecule has 1 amide bonds. The maximum Gasteiger partial charge on any atom is 0.263 e. The molecule has 7 heteroatoms. The number of anilines is 2. The molecule has 0 bridgehead atoms. The van der Waals surface area contributed by atoms with Crippen molar-refractivity contribution in [2.75, 3.05) is 56.2 Å². The predicted molar refractivity (Wildman–Crippen MR) is 92.8 cm³/mol. The molecule has 1 aliphatic rings. The van der Waals surface area contributed by atoms with Gasteiger partial charge in [0.25, 0.3) is 5.91 Å². The zero-order chi connectivity index (χ0) is 15.4. The molecule has 2 heterocycles. The summed E-state index contributed by atoms with van der Waals surface area (Å²) in [4.78, 5) is 18.6. The molecule has 1 fully saturated rings. The highest BCUT2D eigenvalue weighted by Crippen LogP contribution is 2.44. The van der Waals surface area contributed by atoms with Crippen molar-refractivity contribution in [3.63, 3.8) is 0 Å². The third-order valence-corrected chi connectivity index (χ3v) is 5.95. The first kappa shape index (κ1) is 16.5. The standard InChI is InChI=1S/C14H24N4OS2/c1-4-16-13(19)11-10(15)12(20-3)14(21-11)18-8-6-17(5-2)7-9-18/h4-9,15H2,1-3H3,(H,16,19). The molecule has 0 aromatic carbocycles. The van der Waals surface area contributed by atoms with Crippen LogP contribution in [0.4, 0.5) is 10.7 Å². The molecular weight excluding hydrogens is 304 g/mol. The average Bonchev–Trinajstić information content (AvgIpc) is 2.84. The fourth-order valence-electron chi connectivity index (χ4n) is 2.50. The largest absolute Gasteiger partial charge is 0.396 e. The van der Waals surface area contributed by atoms with Crippen LogP contribution in [0.2, 0.25) is 0 Å². The van der Waals surface area contributed by atoms with Gasteiger partial charge in [0.05, 0.1) is 10.6 Å². The lowest BCUT2D eigenvalue weighted by Gasteiger charge is -2.35. The van der Waals surface area contributed by atoms with Gasteiger partial charge in [-0.1, -0.05) is 6.92 Å². The topological polar surface area (TPSA) is 61.6 Å². The number of hydrogen-bond acceptors (Lipinski definition) is 6. The lowest BCUT2D eigenvalue weighted by molar-refractivity contribution is 0.0960. The van der Waals surface area contributed by atoms with E-state index < -0.39 is 0 Å². The van der Waals surface area contributed by atoms with Crippen molar-refractivity contribution in [1.82, 2.24) is 10.2 Å². The number of amides is 1. The van der Waals surface area contributed by atoms with E-state index in [-0.39, 0.29) is 5.91 Å². The highest BCUT2D eigenvalue weighted by molar-refractivity contribution is 7.99. The lowest BCUT2D eigenvalue weighted by Crippen LogP contribution is -2.46. The fourth-order valence-corrected chi connectivity index (χ4v) is 4.65. The highest BCUT2D eigenvalue weighted by Gasteiger charge is 2.25. The van der Waals surface area contributed by atoms with E-state index in [0.717, 1.165) is 42.6 Å². The molecule has 0 saturated carbocycles. The van der Waals surface area contributed by atoms with E-state index in [1.807, 2.05) is 13.2 Å². The van der Waals surface area contributed by atoms with Crippen LogP contribution in [-0.4, -0.2) is 56.3 Å². The van der Waals surface area contributed by atoms with E-state index in [2.05, 4.69) is 22.0 Å². The molecule has 0 radical (unpaired) electrons. The van der Waals surface area contributed by atoms with Gasteiger partial charge in [-0.3, -0.25) is 4.79 Å². The number of thiophene rings is 1. The number of thioether (sulfide) groups is 1. The molecule has 118 valence electrons. The number of nitrogens with two attached hydrogens (primary N) is 1. The molecule has 1 aromatic heterocycles. The maximum atomic E-state index is 12.1. The first-order valence-corrected chi connectivity index (χ1v) is 9.38. The van der Waals surface area contributed by atoms with E-state index in [4.69, 9.17) is 5.73 Å². The van der Waals surface area contributed by atoms with E-state index in [9.17, 15) is 4.79 Å². The molecule has 3 N–H and O–H groups in total. The summed E-state index contributed by atoms with van der Waals surface area (Å²) < 4.78 is 0. The maximum absolute atomic E-state index is 12.1. The van der Waals surface area contributed by atoms with Crippen molar-refractivity contribution in [2.45, 2.75) is 18.7 Å². The van der Waals surface area contributed by atoms with Gasteiger partial charge in [0.15, 0.2) is 0 Å². The molecule has 2 rings (SSSR count). The summed E-state index contributed by atoms with van der Waals surface area (Å²) in [5.41, 5.74) is 6.83. The van der Waals surface area contributed by atoms with Gasteiger partial charge >= 0.3 is 0 Å². The van der Waals surface area contributed by atoms with Crippen LogP contribution < -0.4 is 16.0 Å². The zero-order valence-electron chi connectivity index (χ0n) is 12.9. The molecular formula is C14H24N4OS2. The summed E-state index contributed by atoms with van der Waals surface area (Å²) in [7, 11) is 0. The Labute approximate surface area is 134 Å². The summed E-state index contributed by atoms with van der Waals surface area (Å²) >= 11 is 3.15. The minimum absolute atomic E-state index is 0.0613. The van der Waals surface area contributed by atoms with Crippen LogP contribution >= 0.6 is 23.1 Å². The van der Waals surface area contributed by atoms with Gasteiger partial charge in [0, 0.05) is 32.7 Å².